The third kappa shape index (κ3) is 2.39. The van der Waals surface area contributed by atoms with Crippen molar-refractivity contribution >= 4 is 17.5 Å². The third-order valence-electron chi connectivity index (χ3n) is 2.71. The van der Waals surface area contributed by atoms with Gasteiger partial charge in [-0.3, -0.25) is 14.9 Å². The van der Waals surface area contributed by atoms with E-state index in [9.17, 15) is 14.9 Å². The van der Waals surface area contributed by atoms with Gasteiger partial charge in [0.1, 0.15) is 0 Å². The Bertz CT molecular complexity index is 697. The number of hydrogen-bond donors (Lipinski definition) is 2. The SMILES string of the molecule is Cc1nc(N)nc(-c2ccc([N+](=O)[O-])cc2)c1C(N)=O. The van der Waals surface area contributed by atoms with Crippen molar-refractivity contribution in [1.82, 2.24) is 9.97 Å². The lowest BCUT2D eigenvalue weighted by molar-refractivity contribution is -0.384. The number of aryl methyl sites for hydroxylation is 1. The minimum atomic E-state index is -0.684. The third-order valence-corrected chi connectivity index (χ3v) is 2.71. The molecule has 0 spiro atoms. The molecule has 0 aliphatic heterocycles. The van der Waals surface area contributed by atoms with Gasteiger partial charge in [-0.1, -0.05) is 0 Å². The molecule has 1 amide bonds. The van der Waals surface area contributed by atoms with E-state index in [4.69, 9.17) is 11.5 Å². The zero-order valence-electron chi connectivity index (χ0n) is 10.5. The molecule has 1 aromatic carbocycles. The Morgan fingerprint density at radius 3 is 2.35 bits per heavy atom. The van der Waals surface area contributed by atoms with Gasteiger partial charge in [-0.15, -0.1) is 0 Å². The molecule has 102 valence electrons. The van der Waals surface area contributed by atoms with E-state index in [1.165, 1.54) is 24.3 Å². The summed E-state index contributed by atoms with van der Waals surface area (Å²) in [5, 5.41) is 10.6. The molecule has 8 heteroatoms. The number of primary amides is 1. The predicted molar refractivity (Wildman–Crippen MR) is 71.8 cm³/mol. The number of carbonyl (C=O) groups is 1. The Kier molecular flexibility index (Phi) is 3.30. The van der Waals surface area contributed by atoms with Crippen molar-refractivity contribution in [3.8, 4) is 11.3 Å². The first-order valence-electron chi connectivity index (χ1n) is 5.59. The molecule has 0 atom stereocenters. The highest BCUT2D eigenvalue weighted by molar-refractivity contribution is 6.00. The summed E-state index contributed by atoms with van der Waals surface area (Å²) in [5.41, 5.74) is 12.1. The van der Waals surface area contributed by atoms with Gasteiger partial charge < -0.3 is 11.5 Å². The number of rotatable bonds is 3. The largest absolute Gasteiger partial charge is 0.368 e. The van der Waals surface area contributed by atoms with Crippen LogP contribution in [-0.4, -0.2) is 20.8 Å². The number of anilines is 1. The first-order valence-corrected chi connectivity index (χ1v) is 5.59. The first kappa shape index (κ1) is 13.4. The minimum absolute atomic E-state index is 0.000790. The second-order valence-electron chi connectivity index (χ2n) is 4.06. The van der Waals surface area contributed by atoms with Crippen molar-refractivity contribution in [2.45, 2.75) is 6.92 Å². The summed E-state index contributed by atoms with van der Waals surface area (Å²) >= 11 is 0. The second kappa shape index (κ2) is 4.92. The fourth-order valence-electron chi connectivity index (χ4n) is 1.84. The number of nitrogen functional groups attached to an aromatic ring is 1. The standard InChI is InChI=1S/C12H11N5O3/c1-6-9(11(13)18)10(16-12(14)15-6)7-2-4-8(5-3-7)17(19)20/h2-5H,1H3,(H2,13,18)(H2,14,15,16). The van der Waals surface area contributed by atoms with Crippen LogP contribution in [-0.2, 0) is 0 Å². The van der Waals surface area contributed by atoms with Crippen molar-refractivity contribution in [1.29, 1.82) is 0 Å². The van der Waals surface area contributed by atoms with Crippen LogP contribution in [0.5, 0.6) is 0 Å². The van der Waals surface area contributed by atoms with Crippen molar-refractivity contribution in [3.63, 3.8) is 0 Å². The molecule has 0 radical (unpaired) electrons. The zero-order chi connectivity index (χ0) is 14.9. The summed E-state index contributed by atoms with van der Waals surface area (Å²) in [4.78, 5) is 29.5. The molecule has 4 N–H and O–H groups in total. The number of hydrogen-bond acceptors (Lipinski definition) is 6. The average Bonchev–Trinajstić information content (AvgIpc) is 2.37. The number of nitrogens with two attached hydrogens (primary N) is 2. The maximum absolute atomic E-state index is 11.5. The van der Waals surface area contributed by atoms with Gasteiger partial charge in [0.25, 0.3) is 11.6 Å². The highest BCUT2D eigenvalue weighted by atomic mass is 16.6. The number of benzene rings is 1. The van der Waals surface area contributed by atoms with Gasteiger partial charge in [0, 0.05) is 17.7 Å². The average molecular weight is 273 g/mol. The van der Waals surface area contributed by atoms with Crippen LogP contribution >= 0.6 is 0 Å². The Hall–Kier alpha value is -3.03. The monoisotopic (exact) mass is 273 g/mol. The van der Waals surface area contributed by atoms with Gasteiger partial charge in [0.05, 0.1) is 21.9 Å². The Labute approximate surface area is 113 Å². The second-order valence-corrected chi connectivity index (χ2v) is 4.06. The van der Waals surface area contributed by atoms with E-state index in [2.05, 4.69) is 9.97 Å². The van der Waals surface area contributed by atoms with Crippen LogP contribution in [0, 0.1) is 17.0 Å². The Balaban J connectivity index is 2.62. The highest BCUT2D eigenvalue weighted by Gasteiger charge is 2.17. The quantitative estimate of drug-likeness (QED) is 0.632. The number of non-ortho nitro benzene ring substituents is 1. The van der Waals surface area contributed by atoms with Crippen LogP contribution in [0.2, 0.25) is 0 Å². The minimum Gasteiger partial charge on any atom is -0.368 e. The van der Waals surface area contributed by atoms with E-state index in [1.807, 2.05) is 0 Å². The highest BCUT2D eigenvalue weighted by Crippen LogP contribution is 2.25. The Morgan fingerprint density at radius 1 is 1.25 bits per heavy atom. The topological polar surface area (TPSA) is 138 Å². The molecule has 0 saturated heterocycles. The molecule has 1 aromatic heterocycles. The van der Waals surface area contributed by atoms with Crippen LogP contribution in [0.15, 0.2) is 24.3 Å². The predicted octanol–water partition coefficient (Wildman–Crippen LogP) is 1.04. The molecule has 2 aromatic rings. The fraction of sp³-hybridized carbons (Fsp3) is 0.0833. The molecule has 20 heavy (non-hydrogen) atoms. The van der Waals surface area contributed by atoms with E-state index >= 15 is 0 Å². The molecule has 0 saturated carbocycles. The first-order chi connectivity index (χ1) is 9.40. The molecule has 8 nitrogen and oxygen atoms in total. The van der Waals surface area contributed by atoms with Crippen molar-refractivity contribution < 1.29 is 9.72 Å². The molecule has 0 aliphatic carbocycles. The summed E-state index contributed by atoms with van der Waals surface area (Å²) in [6, 6.07) is 5.58. The summed E-state index contributed by atoms with van der Waals surface area (Å²) in [6.45, 7) is 1.59. The van der Waals surface area contributed by atoms with Gasteiger partial charge in [-0.2, -0.15) is 0 Å². The van der Waals surface area contributed by atoms with Gasteiger partial charge in [0.15, 0.2) is 0 Å². The maximum atomic E-state index is 11.5. The van der Waals surface area contributed by atoms with Gasteiger partial charge in [0.2, 0.25) is 5.95 Å². The summed E-state index contributed by atoms with van der Waals surface area (Å²) in [6.07, 6.45) is 0. The molecule has 0 bridgehead atoms. The van der Waals surface area contributed by atoms with Crippen molar-refractivity contribution in [2.24, 2.45) is 5.73 Å². The maximum Gasteiger partial charge on any atom is 0.269 e. The summed E-state index contributed by atoms with van der Waals surface area (Å²) < 4.78 is 0. The molecule has 2 rings (SSSR count). The number of amides is 1. The van der Waals surface area contributed by atoms with Gasteiger partial charge in [-0.25, -0.2) is 9.97 Å². The van der Waals surface area contributed by atoms with Crippen molar-refractivity contribution in [3.05, 3.63) is 45.6 Å². The summed E-state index contributed by atoms with van der Waals surface area (Å²) in [7, 11) is 0. The van der Waals surface area contributed by atoms with E-state index < -0.39 is 10.8 Å². The molecular weight excluding hydrogens is 262 g/mol. The lowest BCUT2D eigenvalue weighted by Gasteiger charge is -2.09. The zero-order valence-corrected chi connectivity index (χ0v) is 10.5. The smallest absolute Gasteiger partial charge is 0.269 e. The van der Waals surface area contributed by atoms with E-state index in [1.54, 1.807) is 6.92 Å². The number of nitrogens with zero attached hydrogens (tertiary/aromatic N) is 3. The normalized spacial score (nSPS) is 10.2. The Morgan fingerprint density at radius 2 is 1.85 bits per heavy atom. The van der Waals surface area contributed by atoms with Gasteiger partial charge >= 0.3 is 0 Å². The lowest BCUT2D eigenvalue weighted by atomic mass is 10.0. The van der Waals surface area contributed by atoms with Crippen LogP contribution in [0.3, 0.4) is 0 Å². The van der Waals surface area contributed by atoms with Gasteiger partial charge in [-0.05, 0) is 19.1 Å². The number of carbonyl (C=O) groups excluding carboxylic acids is 1. The lowest BCUT2D eigenvalue weighted by Crippen LogP contribution is -2.17. The fourth-order valence-corrected chi connectivity index (χ4v) is 1.84. The molecule has 0 aliphatic rings. The van der Waals surface area contributed by atoms with Crippen LogP contribution < -0.4 is 11.5 Å². The van der Waals surface area contributed by atoms with Crippen LogP contribution in [0.1, 0.15) is 16.1 Å². The number of aromatic nitrogens is 2. The van der Waals surface area contributed by atoms with Crippen molar-refractivity contribution in [2.75, 3.05) is 5.73 Å². The van der Waals surface area contributed by atoms with Crippen LogP contribution in [0.25, 0.3) is 11.3 Å². The molecular formula is C12H11N5O3. The molecule has 0 unspecified atom stereocenters. The van der Waals surface area contributed by atoms with E-state index in [0.29, 0.717) is 11.3 Å². The summed E-state index contributed by atoms with van der Waals surface area (Å²) in [5.74, 6) is -0.684. The van der Waals surface area contributed by atoms with E-state index in [-0.39, 0.29) is 22.9 Å². The number of nitro benzene ring substituents is 1. The molecule has 1 heterocycles. The van der Waals surface area contributed by atoms with Crippen LogP contribution in [0.4, 0.5) is 11.6 Å². The number of nitro groups is 1. The molecule has 0 fully saturated rings. The van der Waals surface area contributed by atoms with E-state index in [0.717, 1.165) is 0 Å².